The summed E-state index contributed by atoms with van der Waals surface area (Å²) < 4.78 is 11.9. The summed E-state index contributed by atoms with van der Waals surface area (Å²) in [5, 5.41) is 9.60. The maximum absolute atomic E-state index is 9.60. The Morgan fingerprint density at radius 1 is 1.18 bits per heavy atom. The van der Waals surface area contributed by atoms with Crippen molar-refractivity contribution in [2.24, 2.45) is 17.8 Å². The maximum Gasteiger partial charge on any atom is 0.155 e. The Morgan fingerprint density at radius 2 is 1.88 bits per heavy atom. The van der Waals surface area contributed by atoms with Gasteiger partial charge in [0.1, 0.15) is 0 Å². The monoisotopic (exact) mass is 242 g/mol. The Hall–Kier alpha value is -0.120. The summed E-state index contributed by atoms with van der Waals surface area (Å²) in [6, 6.07) is 0. The molecule has 2 unspecified atom stereocenters. The van der Waals surface area contributed by atoms with Crippen LogP contribution in [0.2, 0.25) is 0 Å². The van der Waals surface area contributed by atoms with E-state index in [2.05, 4.69) is 27.7 Å². The maximum atomic E-state index is 9.60. The van der Waals surface area contributed by atoms with Crippen LogP contribution in [0.5, 0.6) is 0 Å². The fourth-order valence-electron chi connectivity index (χ4n) is 3.22. The van der Waals surface area contributed by atoms with Gasteiger partial charge in [0.05, 0.1) is 18.3 Å². The number of ether oxygens (including phenoxy) is 2. The predicted octanol–water partition coefficient (Wildman–Crippen LogP) is 2.57. The van der Waals surface area contributed by atoms with E-state index < -0.39 is 6.29 Å². The summed E-state index contributed by atoms with van der Waals surface area (Å²) in [6.45, 7) is 8.98. The van der Waals surface area contributed by atoms with Crippen LogP contribution in [0, 0.1) is 17.8 Å². The molecule has 0 bridgehead atoms. The average Bonchev–Trinajstić information content (AvgIpc) is 2.33. The van der Waals surface area contributed by atoms with Crippen molar-refractivity contribution in [3.05, 3.63) is 0 Å². The molecule has 2 aliphatic heterocycles. The summed E-state index contributed by atoms with van der Waals surface area (Å²) >= 11 is 0. The minimum Gasteiger partial charge on any atom is -0.372 e. The first kappa shape index (κ1) is 13.3. The molecule has 0 aromatic carbocycles. The van der Waals surface area contributed by atoms with Crippen molar-refractivity contribution >= 4 is 0 Å². The minimum atomic E-state index is -0.588. The molecule has 0 aromatic heterocycles. The van der Waals surface area contributed by atoms with Gasteiger partial charge in [-0.1, -0.05) is 34.1 Å². The standard InChI is InChI=1S/C14H26O3/c1-5-8(2)13-9(3)10(4)14-11(16-13)6-7-12(15)17-14/h8-15H,5-7H2,1-4H3/t8?,9-,10+,11-,12?,13-,14+/m0/s1. The average molecular weight is 242 g/mol. The molecule has 0 amide bonds. The predicted molar refractivity (Wildman–Crippen MR) is 66.6 cm³/mol. The normalized spacial score (nSPS) is 48.5. The molecule has 0 radical (unpaired) electrons. The summed E-state index contributed by atoms with van der Waals surface area (Å²) in [4.78, 5) is 0. The van der Waals surface area contributed by atoms with Gasteiger partial charge in [0.25, 0.3) is 0 Å². The van der Waals surface area contributed by atoms with E-state index in [0.29, 0.717) is 30.3 Å². The summed E-state index contributed by atoms with van der Waals surface area (Å²) in [7, 11) is 0. The van der Waals surface area contributed by atoms with Crippen molar-refractivity contribution in [1.29, 1.82) is 0 Å². The molecular formula is C14H26O3. The second kappa shape index (κ2) is 5.25. The van der Waals surface area contributed by atoms with Crippen molar-refractivity contribution in [2.45, 2.75) is 71.6 Å². The molecule has 0 saturated carbocycles. The molecule has 17 heavy (non-hydrogen) atoms. The largest absolute Gasteiger partial charge is 0.372 e. The van der Waals surface area contributed by atoms with Crippen molar-refractivity contribution in [3.63, 3.8) is 0 Å². The molecule has 7 atom stereocenters. The summed E-state index contributed by atoms with van der Waals surface area (Å²) in [6.07, 6.45) is 2.80. The van der Waals surface area contributed by atoms with Gasteiger partial charge < -0.3 is 14.6 Å². The highest BCUT2D eigenvalue weighted by molar-refractivity contribution is 4.92. The Bertz CT molecular complexity index is 254. The number of hydrogen-bond acceptors (Lipinski definition) is 3. The molecule has 100 valence electrons. The number of hydrogen-bond donors (Lipinski definition) is 1. The highest BCUT2D eigenvalue weighted by Crippen LogP contribution is 2.40. The van der Waals surface area contributed by atoms with Crippen LogP contribution in [0.3, 0.4) is 0 Å². The smallest absolute Gasteiger partial charge is 0.155 e. The number of aliphatic hydroxyl groups excluding tert-OH is 1. The van der Waals surface area contributed by atoms with Gasteiger partial charge >= 0.3 is 0 Å². The van der Waals surface area contributed by atoms with Crippen molar-refractivity contribution in [3.8, 4) is 0 Å². The first-order valence-electron chi connectivity index (χ1n) is 7.03. The highest BCUT2D eigenvalue weighted by atomic mass is 16.6. The van der Waals surface area contributed by atoms with E-state index in [1.54, 1.807) is 0 Å². The lowest BCUT2D eigenvalue weighted by Gasteiger charge is -2.49. The lowest BCUT2D eigenvalue weighted by molar-refractivity contribution is -0.271. The third-order valence-electron chi connectivity index (χ3n) is 4.78. The zero-order valence-electron chi connectivity index (χ0n) is 11.4. The van der Waals surface area contributed by atoms with Gasteiger partial charge in [0.15, 0.2) is 6.29 Å². The van der Waals surface area contributed by atoms with Crippen molar-refractivity contribution in [1.82, 2.24) is 0 Å². The van der Waals surface area contributed by atoms with Crippen LogP contribution < -0.4 is 0 Å². The van der Waals surface area contributed by atoms with Crippen LogP contribution in [0.15, 0.2) is 0 Å². The van der Waals surface area contributed by atoms with Crippen LogP contribution >= 0.6 is 0 Å². The fourth-order valence-corrected chi connectivity index (χ4v) is 3.22. The van der Waals surface area contributed by atoms with E-state index in [0.717, 1.165) is 12.8 Å². The van der Waals surface area contributed by atoms with Crippen LogP contribution in [0.1, 0.15) is 47.0 Å². The van der Waals surface area contributed by atoms with Gasteiger partial charge in [-0.2, -0.15) is 0 Å². The molecule has 2 aliphatic rings. The second-order valence-corrected chi connectivity index (χ2v) is 5.88. The zero-order chi connectivity index (χ0) is 12.6. The Morgan fingerprint density at radius 3 is 2.53 bits per heavy atom. The summed E-state index contributed by atoms with van der Waals surface area (Å²) in [5.74, 6) is 1.56. The number of fused-ring (bicyclic) bond motifs is 1. The second-order valence-electron chi connectivity index (χ2n) is 5.88. The molecule has 2 rings (SSSR count). The quantitative estimate of drug-likeness (QED) is 0.809. The molecule has 2 saturated heterocycles. The molecule has 3 nitrogen and oxygen atoms in total. The van der Waals surface area contributed by atoms with Crippen molar-refractivity contribution < 1.29 is 14.6 Å². The first-order valence-corrected chi connectivity index (χ1v) is 7.03. The zero-order valence-corrected chi connectivity index (χ0v) is 11.4. The lowest BCUT2D eigenvalue weighted by Crippen LogP contribution is -2.55. The van der Waals surface area contributed by atoms with Gasteiger partial charge in [-0.15, -0.1) is 0 Å². The Labute approximate surface area is 104 Å². The van der Waals surface area contributed by atoms with Crippen molar-refractivity contribution in [2.75, 3.05) is 0 Å². The fraction of sp³-hybridized carbons (Fsp3) is 1.00. The van der Waals surface area contributed by atoms with Gasteiger partial charge in [0.2, 0.25) is 0 Å². The number of rotatable bonds is 2. The van der Waals surface area contributed by atoms with E-state index in [4.69, 9.17) is 9.47 Å². The van der Waals surface area contributed by atoms with Crippen LogP contribution in [-0.2, 0) is 9.47 Å². The molecule has 1 N–H and O–H groups in total. The van der Waals surface area contributed by atoms with Crippen LogP contribution in [-0.4, -0.2) is 29.7 Å². The van der Waals surface area contributed by atoms with E-state index in [1.807, 2.05) is 0 Å². The molecule has 0 aromatic rings. The summed E-state index contributed by atoms with van der Waals surface area (Å²) in [5.41, 5.74) is 0. The molecule has 2 heterocycles. The minimum absolute atomic E-state index is 0.0778. The molecule has 0 spiro atoms. The van der Waals surface area contributed by atoms with E-state index in [-0.39, 0.29) is 12.2 Å². The van der Waals surface area contributed by atoms with Gasteiger partial charge in [-0.05, 0) is 24.2 Å². The topological polar surface area (TPSA) is 38.7 Å². The van der Waals surface area contributed by atoms with Crippen LogP contribution in [0.25, 0.3) is 0 Å². The molecule has 0 aliphatic carbocycles. The van der Waals surface area contributed by atoms with E-state index >= 15 is 0 Å². The first-order chi connectivity index (χ1) is 8.04. The molecular weight excluding hydrogens is 216 g/mol. The third kappa shape index (κ3) is 2.51. The molecule has 2 fully saturated rings. The van der Waals surface area contributed by atoms with Gasteiger partial charge in [-0.25, -0.2) is 0 Å². The molecule has 3 heteroatoms. The SMILES string of the molecule is CCC(C)[C@@H]1O[C@H]2CCC(O)O[C@@H]2[C@H](C)[C@@H]1C. The third-order valence-corrected chi connectivity index (χ3v) is 4.78. The van der Waals surface area contributed by atoms with E-state index in [1.165, 1.54) is 0 Å². The van der Waals surface area contributed by atoms with Gasteiger partial charge in [-0.3, -0.25) is 0 Å². The lowest BCUT2D eigenvalue weighted by atomic mass is 9.75. The van der Waals surface area contributed by atoms with E-state index in [9.17, 15) is 5.11 Å². The Kier molecular flexibility index (Phi) is 4.11. The highest BCUT2D eigenvalue weighted by Gasteiger charge is 2.45. The van der Waals surface area contributed by atoms with Gasteiger partial charge in [0, 0.05) is 6.42 Å². The van der Waals surface area contributed by atoms with Crippen LogP contribution in [0.4, 0.5) is 0 Å². The Balaban J connectivity index is 2.09. The number of aliphatic hydroxyl groups is 1.